The Bertz CT molecular complexity index is 1250. The maximum absolute atomic E-state index is 13.8. The van der Waals surface area contributed by atoms with Gasteiger partial charge in [-0.25, -0.2) is 9.56 Å². The first-order chi connectivity index (χ1) is 17.2. The molecule has 12 heteroatoms. The van der Waals surface area contributed by atoms with E-state index in [4.69, 9.17) is 19.5 Å². The molecule has 10 nitrogen and oxygen atoms in total. The number of carbonyl (C=O) groups excluding carboxylic acids is 1. The van der Waals surface area contributed by atoms with Crippen molar-refractivity contribution in [2.75, 3.05) is 13.7 Å². The number of aliphatic hydroxyl groups excluding tert-OH is 1. The number of aliphatic hydroxyl groups is 1. The van der Waals surface area contributed by atoms with E-state index in [0.29, 0.717) is 23.8 Å². The molecule has 4 rings (SSSR count). The van der Waals surface area contributed by atoms with E-state index in [0.717, 1.165) is 10.8 Å². The minimum atomic E-state index is -4.05. The second-order valence-electron chi connectivity index (χ2n) is 8.38. The van der Waals surface area contributed by atoms with E-state index in [1.165, 1.54) is 25.8 Å². The maximum Gasteiger partial charge on any atom is 0.459 e. The van der Waals surface area contributed by atoms with Gasteiger partial charge >= 0.3 is 13.7 Å². The van der Waals surface area contributed by atoms with Gasteiger partial charge < -0.3 is 25.0 Å². The molecule has 0 aromatic heterocycles. The summed E-state index contributed by atoms with van der Waals surface area (Å²) in [6.07, 6.45) is 3.11. The van der Waals surface area contributed by atoms with Gasteiger partial charge in [0.05, 0.1) is 30.4 Å². The van der Waals surface area contributed by atoms with Gasteiger partial charge in [0.2, 0.25) is 0 Å². The van der Waals surface area contributed by atoms with Crippen LogP contribution in [0.2, 0.25) is 0 Å². The summed E-state index contributed by atoms with van der Waals surface area (Å²) < 4.78 is 30.1. The van der Waals surface area contributed by atoms with Crippen molar-refractivity contribution < 1.29 is 28.3 Å². The largest absolute Gasteiger partial charge is 0.468 e. The van der Waals surface area contributed by atoms with Crippen LogP contribution in [0.5, 0.6) is 5.75 Å². The number of esters is 1. The van der Waals surface area contributed by atoms with Gasteiger partial charge in [-0.05, 0) is 35.9 Å². The number of hydrogen-bond acceptors (Lipinski definition) is 10. The predicted octanol–water partition coefficient (Wildman–Crippen LogP) is 3.34. The van der Waals surface area contributed by atoms with E-state index < -0.39 is 31.1 Å². The number of aliphatic imine (C=N–C) groups is 1. The number of nitrogens with one attached hydrogen (secondary N) is 1. The zero-order valence-electron chi connectivity index (χ0n) is 19.9. The third-order valence-corrected chi connectivity index (χ3v) is 8.92. The van der Waals surface area contributed by atoms with Crippen molar-refractivity contribution in [1.82, 2.24) is 9.99 Å². The lowest BCUT2D eigenvalue weighted by Crippen LogP contribution is -2.35. The van der Waals surface area contributed by atoms with E-state index in [1.54, 1.807) is 24.4 Å². The summed E-state index contributed by atoms with van der Waals surface area (Å²) in [5.41, 5.74) is 5.72. The van der Waals surface area contributed by atoms with Gasteiger partial charge in [-0.2, -0.15) is 5.09 Å². The van der Waals surface area contributed by atoms with Crippen LogP contribution in [-0.4, -0.2) is 58.3 Å². The molecule has 36 heavy (non-hydrogen) atoms. The number of ether oxygens (including phenoxy) is 1. The molecule has 2 aromatic carbocycles. The van der Waals surface area contributed by atoms with E-state index in [-0.39, 0.29) is 12.0 Å². The standard InChI is InChI=1S/C24H29N4O6PS/c1-15(24(30)32-3)27-35(31,34-19-9-8-17-6-4-5-7-18(17)12-19)33-14-21-20(29)13-23(36-21)28-11-10-22(25)26-16(28)2/h4-12,15,20-21,23,29H,2,13-14H2,1,3H3,(H2,25,26)(H,27,31)/t15-,20+,21+,23+,35?/m0/s1. The molecule has 2 aliphatic heterocycles. The highest BCUT2D eigenvalue weighted by Gasteiger charge is 2.40. The molecule has 1 fully saturated rings. The van der Waals surface area contributed by atoms with Crippen LogP contribution in [0.15, 0.2) is 72.1 Å². The van der Waals surface area contributed by atoms with Crippen LogP contribution in [-0.2, 0) is 18.6 Å². The molecule has 0 aliphatic carbocycles. The van der Waals surface area contributed by atoms with Crippen LogP contribution in [0.25, 0.3) is 10.8 Å². The lowest BCUT2D eigenvalue weighted by Gasteiger charge is -2.28. The Morgan fingerprint density at radius 2 is 2.11 bits per heavy atom. The highest BCUT2D eigenvalue weighted by molar-refractivity contribution is 8.00. The highest BCUT2D eigenvalue weighted by Crippen LogP contribution is 2.47. The fraction of sp³-hybridized carbons (Fsp3) is 0.333. The molecule has 2 heterocycles. The molecular formula is C24H29N4O6PS. The van der Waals surface area contributed by atoms with Gasteiger partial charge in [0.15, 0.2) is 0 Å². The van der Waals surface area contributed by atoms with Crippen LogP contribution >= 0.6 is 19.5 Å². The topological polar surface area (TPSA) is 136 Å². The molecule has 192 valence electrons. The summed E-state index contributed by atoms with van der Waals surface area (Å²) in [6, 6.07) is 12.0. The number of benzene rings is 2. The summed E-state index contributed by atoms with van der Waals surface area (Å²) in [5, 5.41) is 14.6. The average Bonchev–Trinajstić information content (AvgIpc) is 3.22. The Balaban J connectivity index is 1.48. The summed E-state index contributed by atoms with van der Waals surface area (Å²) in [5.74, 6) is 0.521. The zero-order valence-corrected chi connectivity index (χ0v) is 21.7. The van der Waals surface area contributed by atoms with Gasteiger partial charge in [-0.1, -0.05) is 36.9 Å². The molecule has 2 aliphatic rings. The summed E-state index contributed by atoms with van der Waals surface area (Å²) in [4.78, 5) is 18.0. The second kappa shape index (κ2) is 11.1. The minimum Gasteiger partial charge on any atom is -0.468 e. The van der Waals surface area contributed by atoms with Gasteiger partial charge in [0.1, 0.15) is 23.4 Å². The fourth-order valence-electron chi connectivity index (χ4n) is 3.88. The van der Waals surface area contributed by atoms with E-state index >= 15 is 0 Å². The van der Waals surface area contributed by atoms with Crippen molar-refractivity contribution in [2.45, 2.75) is 36.1 Å². The van der Waals surface area contributed by atoms with E-state index in [1.807, 2.05) is 35.2 Å². The number of fused-ring (bicyclic) bond motifs is 1. The summed E-state index contributed by atoms with van der Waals surface area (Å²) in [7, 11) is -2.81. The number of amidine groups is 1. The van der Waals surface area contributed by atoms with Crippen molar-refractivity contribution in [3.05, 3.63) is 67.1 Å². The van der Waals surface area contributed by atoms with Crippen LogP contribution in [0.4, 0.5) is 0 Å². The Hall–Kier alpha value is -2.82. The molecule has 2 aromatic rings. The third-order valence-electron chi connectivity index (χ3n) is 5.74. The van der Waals surface area contributed by atoms with Gasteiger partial charge in [0, 0.05) is 12.6 Å². The monoisotopic (exact) mass is 532 g/mol. The molecule has 0 amide bonds. The molecule has 5 atom stereocenters. The number of carbonyl (C=O) groups is 1. The first-order valence-electron chi connectivity index (χ1n) is 11.3. The molecule has 4 N–H and O–H groups in total. The zero-order chi connectivity index (χ0) is 25.9. The quantitative estimate of drug-likeness (QED) is 0.326. The van der Waals surface area contributed by atoms with E-state index in [2.05, 4.69) is 16.7 Å². The lowest BCUT2D eigenvalue weighted by molar-refractivity contribution is -0.142. The number of hydrogen-bond donors (Lipinski definition) is 3. The van der Waals surface area contributed by atoms with Crippen molar-refractivity contribution in [2.24, 2.45) is 10.7 Å². The van der Waals surface area contributed by atoms with Crippen molar-refractivity contribution in [3.63, 3.8) is 0 Å². The number of nitrogens with two attached hydrogens (primary N) is 1. The van der Waals surface area contributed by atoms with Crippen LogP contribution in [0, 0.1) is 0 Å². The van der Waals surface area contributed by atoms with Gasteiger partial charge in [-0.3, -0.25) is 9.32 Å². The SMILES string of the molecule is C=C1N=C(N)C=CN1[C@H]1C[C@@H](O)[C@@H](COP(=O)(N[C@@H](C)C(=O)OC)Oc2ccc3ccccc3c2)S1. The minimum absolute atomic E-state index is 0.0937. The molecule has 1 unspecified atom stereocenters. The Kier molecular flexibility index (Phi) is 8.07. The molecule has 0 radical (unpaired) electrons. The van der Waals surface area contributed by atoms with Crippen molar-refractivity contribution in [3.8, 4) is 5.75 Å². The Morgan fingerprint density at radius 3 is 2.83 bits per heavy atom. The predicted molar refractivity (Wildman–Crippen MR) is 140 cm³/mol. The molecule has 1 saturated heterocycles. The number of rotatable bonds is 9. The molecular weight excluding hydrogens is 503 g/mol. The Labute approximate surface area is 213 Å². The lowest BCUT2D eigenvalue weighted by atomic mass is 10.1. The Morgan fingerprint density at radius 1 is 1.36 bits per heavy atom. The smallest absolute Gasteiger partial charge is 0.459 e. The van der Waals surface area contributed by atoms with Crippen molar-refractivity contribution >= 4 is 42.1 Å². The van der Waals surface area contributed by atoms with Gasteiger partial charge in [-0.15, -0.1) is 11.8 Å². The third kappa shape index (κ3) is 6.11. The number of nitrogens with zero attached hydrogens (tertiary/aromatic N) is 2. The second-order valence-corrected chi connectivity index (χ2v) is 11.5. The molecule has 0 bridgehead atoms. The van der Waals surface area contributed by atoms with Crippen molar-refractivity contribution in [1.29, 1.82) is 0 Å². The maximum atomic E-state index is 13.8. The number of thioether (sulfide) groups is 1. The van der Waals surface area contributed by atoms with Crippen LogP contribution in [0.3, 0.4) is 0 Å². The first kappa shape index (κ1) is 26.2. The van der Waals surface area contributed by atoms with Crippen LogP contribution in [0.1, 0.15) is 13.3 Å². The highest BCUT2D eigenvalue weighted by atomic mass is 32.2. The normalized spacial score (nSPS) is 24.3. The first-order valence-corrected chi connectivity index (χ1v) is 13.8. The summed E-state index contributed by atoms with van der Waals surface area (Å²) in [6.45, 7) is 5.32. The number of methoxy groups -OCH3 is 1. The molecule has 0 saturated carbocycles. The average molecular weight is 533 g/mol. The van der Waals surface area contributed by atoms with Crippen LogP contribution < -0.4 is 15.3 Å². The van der Waals surface area contributed by atoms with E-state index in [9.17, 15) is 14.5 Å². The van der Waals surface area contributed by atoms with Gasteiger partial charge in [0.25, 0.3) is 0 Å². The summed E-state index contributed by atoms with van der Waals surface area (Å²) >= 11 is 1.44. The molecule has 0 spiro atoms. The fourth-order valence-corrected chi connectivity index (χ4v) is 6.96.